The highest BCUT2D eigenvalue weighted by atomic mass is 16.6. The molecule has 1 aliphatic carbocycles. The van der Waals surface area contributed by atoms with Crippen LogP contribution in [0.5, 0.6) is 5.75 Å². The van der Waals surface area contributed by atoms with Crippen LogP contribution in [0.15, 0.2) is 72.8 Å². The Balaban J connectivity index is 1.58. The highest BCUT2D eigenvalue weighted by Crippen LogP contribution is 2.44. The van der Waals surface area contributed by atoms with Gasteiger partial charge in [0, 0.05) is 5.92 Å². The summed E-state index contributed by atoms with van der Waals surface area (Å²) in [4.78, 5) is 40.9. The van der Waals surface area contributed by atoms with Crippen molar-refractivity contribution >= 4 is 18.0 Å². The first-order chi connectivity index (χ1) is 25.9. The maximum absolute atomic E-state index is 14.0. The molecule has 5 atom stereocenters. The lowest BCUT2D eigenvalue weighted by Gasteiger charge is -2.32. The van der Waals surface area contributed by atoms with Gasteiger partial charge in [0.2, 0.25) is 5.91 Å². The number of nitriles is 1. The fraction of sp³-hybridized carbons (Fsp3) is 0.511. The van der Waals surface area contributed by atoms with E-state index >= 15 is 0 Å². The van der Waals surface area contributed by atoms with Gasteiger partial charge in [-0.1, -0.05) is 94.8 Å². The van der Waals surface area contributed by atoms with Crippen LogP contribution in [0.3, 0.4) is 0 Å². The number of amides is 2. The zero-order valence-corrected chi connectivity index (χ0v) is 34.2. The Hall–Kier alpha value is -4.88. The van der Waals surface area contributed by atoms with Crippen molar-refractivity contribution in [3.05, 3.63) is 89.5 Å². The van der Waals surface area contributed by atoms with E-state index in [0.29, 0.717) is 18.6 Å². The summed E-state index contributed by atoms with van der Waals surface area (Å²) in [6.45, 7) is 19.2. The Kier molecular flexibility index (Phi) is 14.5. The van der Waals surface area contributed by atoms with E-state index < -0.39 is 47.7 Å². The zero-order chi connectivity index (χ0) is 40.5. The molecule has 0 heterocycles. The molecule has 4 rings (SSSR count). The van der Waals surface area contributed by atoms with E-state index in [2.05, 4.69) is 46.3 Å². The van der Waals surface area contributed by atoms with E-state index in [0.717, 1.165) is 27.8 Å². The molecule has 0 aliphatic heterocycles. The highest BCUT2D eigenvalue weighted by Gasteiger charge is 2.36. The van der Waals surface area contributed by atoms with Gasteiger partial charge in [-0.25, -0.2) is 9.59 Å². The van der Waals surface area contributed by atoms with E-state index in [-0.39, 0.29) is 36.4 Å². The first kappa shape index (κ1) is 42.9. The SMILES string of the molecule is CC[C@H](C)[C@H](N[C@@H](C#N)[C@H](Cc1ccc(OC(C)(C)C)cc1)NC(=O)OCC1c2ccccc2-c2ccccc21)C(=O)N[C@@H](CC(C)C)C(=O)OC(C)(C)C. The number of rotatable bonds is 16. The maximum Gasteiger partial charge on any atom is 0.407 e. The molecule has 1 aliphatic rings. The maximum atomic E-state index is 14.0. The molecule has 3 aromatic rings. The van der Waals surface area contributed by atoms with Crippen LogP contribution < -0.4 is 20.7 Å². The van der Waals surface area contributed by atoms with Gasteiger partial charge in [0.05, 0.1) is 18.2 Å². The average Bonchev–Trinajstić information content (AvgIpc) is 3.43. The molecule has 0 bridgehead atoms. The molecule has 0 saturated carbocycles. The van der Waals surface area contributed by atoms with Crippen molar-refractivity contribution in [2.45, 2.75) is 130 Å². The Morgan fingerprint density at radius 3 is 1.91 bits per heavy atom. The first-order valence-corrected chi connectivity index (χ1v) is 19.5. The smallest absolute Gasteiger partial charge is 0.407 e. The largest absolute Gasteiger partial charge is 0.488 e. The Bertz CT molecular complexity index is 1760. The standard InChI is InChI=1S/C45H60N4O6/c1-11-29(4)40(41(50)48-38(24-28(2)3)42(51)55-45(8,9)10)47-39(26-46)37(25-30-20-22-31(23-21-30)54-44(5,6)7)49-43(52)53-27-36-34-18-14-12-16-32(34)33-17-13-15-19-35(33)36/h12-23,28-29,36-40,47H,11,24-25,27H2,1-10H3,(H,48,50)(H,49,52)/t29-,37-,38-,39-,40-/m0/s1. The summed E-state index contributed by atoms with van der Waals surface area (Å²) in [6, 6.07) is 22.5. The van der Waals surface area contributed by atoms with Crippen molar-refractivity contribution in [3.8, 4) is 22.9 Å². The summed E-state index contributed by atoms with van der Waals surface area (Å²) in [5.41, 5.74) is 4.15. The van der Waals surface area contributed by atoms with Gasteiger partial charge in [0.25, 0.3) is 0 Å². The minimum atomic E-state index is -1.01. The van der Waals surface area contributed by atoms with E-state index in [1.807, 2.05) is 97.0 Å². The lowest BCUT2D eigenvalue weighted by Crippen LogP contribution is -2.60. The molecule has 0 unspecified atom stereocenters. The van der Waals surface area contributed by atoms with Gasteiger partial charge in [-0.15, -0.1) is 0 Å². The third kappa shape index (κ3) is 12.3. The Morgan fingerprint density at radius 2 is 1.40 bits per heavy atom. The fourth-order valence-corrected chi connectivity index (χ4v) is 6.84. The molecule has 3 aromatic carbocycles. The number of carbonyl (C=O) groups excluding carboxylic acids is 3. The average molecular weight is 753 g/mol. The monoisotopic (exact) mass is 752 g/mol. The second kappa shape index (κ2) is 18.6. The number of ether oxygens (including phenoxy) is 3. The van der Waals surface area contributed by atoms with Crippen molar-refractivity contribution < 1.29 is 28.6 Å². The summed E-state index contributed by atoms with van der Waals surface area (Å²) < 4.78 is 17.6. The van der Waals surface area contributed by atoms with Gasteiger partial charge in [-0.05, 0) is 106 Å². The van der Waals surface area contributed by atoms with Crippen molar-refractivity contribution in [2.75, 3.05) is 6.61 Å². The van der Waals surface area contributed by atoms with Crippen LogP contribution >= 0.6 is 0 Å². The number of nitrogens with one attached hydrogen (secondary N) is 3. The molecular weight excluding hydrogens is 693 g/mol. The number of hydrogen-bond donors (Lipinski definition) is 3. The minimum Gasteiger partial charge on any atom is -0.488 e. The number of carbonyl (C=O) groups is 3. The van der Waals surface area contributed by atoms with Gasteiger partial charge >= 0.3 is 12.1 Å². The molecule has 0 fully saturated rings. The molecule has 2 amide bonds. The van der Waals surface area contributed by atoms with Crippen LogP contribution in [0.4, 0.5) is 4.79 Å². The Labute approximate surface area is 327 Å². The van der Waals surface area contributed by atoms with Crippen LogP contribution in [0, 0.1) is 23.2 Å². The predicted molar refractivity (Wildman–Crippen MR) is 216 cm³/mol. The normalized spacial score (nSPS) is 15.4. The summed E-state index contributed by atoms with van der Waals surface area (Å²) in [5, 5.41) is 19.8. The predicted octanol–water partition coefficient (Wildman–Crippen LogP) is 8.08. The summed E-state index contributed by atoms with van der Waals surface area (Å²) in [5.74, 6) is -0.498. The van der Waals surface area contributed by atoms with Crippen LogP contribution in [-0.4, -0.2) is 59.9 Å². The number of alkyl carbamates (subject to hydrolysis) is 1. The van der Waals surface area contributed by atoms with Gasteiger partial charge in [-0.3, -0.25) is 10.1 Å². The molecule has 10 nitrogen and oxygen atoms in total. The lowest BCUT2D eigenvalue weighted by molar-refractivity contribution is -0.159. The molecular formula is C45H60N4O6. The number of nitrogens with zero attached hydrogens (tertiary/aromatic N) is 1. The fourth-order valence-electron chi connectivity index (χ4n) is 6.84. The van der Waals surface area contributed by atoms with E-state index in [4.69, 9.17) is 14.2 Å². The third-order valence-electron chi connectivity index (χ3n) is 9.56. The Morgan fingerprint density at radius 1 is 0.818 bits per heavy atom. The molecule has 296 valence electrons. The summed E-state index contributed by atoms with van der Waals surface area (Å²) >= 11 is 0. The van der Waals surface area contributed by atoms with E-state index in [1.54, 1.807) is 20.8 Å². The summed E-state index contributed by atoms with van der Waals surface area (Å²) in [7, 11) is 0. The topological polar surface area (TPSA) is 139 Å². The lowest BCUT2D eigenvalue weighted by atomic mass is 9.93. The van der Waals surface area contributed by atoms with Gasteiger partial charge in [0.1, 0.15) is 35.6 Å². The second-order valence-corrected chi connectivity index (χ2v) is 17.0. The molecule has 0 spiro atoms. The van der Waals surface area contributed by atoms with Crippen molar-refractivity contribution in [1.29, 1.82) is 5.26 Å². The molecule has 3 N–H and O–H groups in total. The molecule has 0 radical (unpaired) electrons. The quantitative estimate of drug-likeness (QED) is 0.125. The van der Waals surface area contributed by atoms with Crippen molar-refractivity contribution in [3.63, 3.8) is 0 Å². The minimum absolute atomic E-state index is 0.102. The van der Waals surface area contributed by atoms with E-state index in [9.17, 15) is 19.6 Å². The van der Waals surface area contributed by atoms with Crippen molar-refractivity contribution in [1.82, 2.24) is 16.0 Å². The molecule has 0 aromatic heterocycles. The van der Waals surface area contributed by atoms with Crippen LogP contribution in [0.2, 0.25) is 0 Å². The number of benzene rings is 3. The first-order valence-electron chi connectivity index (χ1n) is 19.5. The number of hydrogen-bond acceptors (Lipinski definition) is 8. The summed E-state index contributed by atoms with van der Waals surface area (Å²) in [6.07, 6.45) is 0.585. The second-order valence-electron chi connectivity index (χ2n) is 17.0. The highest BCUT2D eigenvalue weighted by molar-refractivity contribution is 5.88. The van der Waals surface area contributed by atoms with Crippen LogP contribution in [0.25, 0.3) is 11.1 Å². The van der Waals surface area contributed by atoms with Crippen molar-refractivity contribution in [2.24, 2.45) is 11.8 Å². The number of fused-ring (bicyclic) bond motifs is 3. The molecule has 0 saturated heterocycles. The number of esters is 1. The molecule has 10 heteroatoms. The van der Waals surface area contributed by atoms with E-state index in [1.165, 1.54) is 0 Å². The zero-order valence-electron chi connectivity index (χ0n) is 34.2. The van der Waals surface area contributed by atoms with Gasteiger partial charge in [-0.2, -0.15) is 5.26 Å². The third-order valence-corrected chi connectivity index (χ3v) is 9.56. The van der Waals surface area contributed by atoms with Gasteiger partial charge in [0.15, 0.2) is 0 Å². The van der Waals surface area contributed by atoms with Crippen LogP contribution in [-0.2, 0) is 25.5 Å². The molecule has 55 heavy (non-hydrogen) atoms. The van der Waals surface area contributed by atoms with Gasteiger partial charge < -0.3 is 24.8 Å². The van der Waals surface area contributed by atoms with Crippen LogP contribution in [0.1, 0.15) is 105 Å².